The third-order valence-corrected chi connectivity index (χ3v) is 4.75. The van der Waals surface area contributed by atoms with E-state index >= 15 is 0 Å². The molecule has 4 rings (SSSR count). The van der Waals surface area contributed by atoms with Gasteiger partial charge in [0.05, 0.1) is 24.4 Å². The van der Waals surface area contributed by atoms with Crippen LogP contribution >= 0.6 is 11.6 Å². The lowest BCUT2D eigenvalue weighted by molar-refractivity contribution is 0.414. The van der Waals surface area contributed by atoms with E-state index in [0.29, 0.717) is 17.2 Å². The van der Waals surface area contributed by atoms with Crippen LogP contribution in [0.4, 0.5) is 5.69 Å². The van der Waals surface area contributed by atoms with E-state index in [1.807, 2.05) is 6.07 Å². The van der Waals surface area contributed by atoms with Crippen LogP contribution in [0, 0.1) is 0 Å². The molecule has 25 heavy (non-hydrogen) atoms. The minimum Gasteiger partial charge on any atom is -0.497 e. The molecule has 0 aliphatic carbocycles. The summed E-state index contributed by atoms with van der Waals surface area (Å²) in [6.45, 7) is 1.55. The second-order valence-corrected chi connectivity index (χ2v) is 6.62. The zero-order valence-electron chi connectivity index (χ0n) is 13.9. The largest absolute Gasteiger partial charge is 0.497 e. The molecule has 128 valence electrons. The number of anilines is 1. The predicted molar refractivity (Wildman–Crippen MR) is 98.8 cm³/mol. The van der Waals surface area contributed by atoms with Crippen molar-refractivity contribution in [2.75, 3.05) is 18.6 Å². The summed E-state index contributed by atoms with van der Waals surface area (Å²) in [5.41, 5.74) is 3.71. The normalized spacial score (nSPS) is 13.8. The second kappa shape index (κ2) is 6.41. The van der Waals surface area contributed by atoms with Crippen molar-refractivity contribution in [3.05, 3.63) is 69.2 Å². The van der Waals surface area contributed by atoms with Crippen molar-refractivity contribution in [1.29, 1.82) is 0 Å². The predicted octanol–water partition coefficient (Wildman–Crippen LogP) is 3.31. The Morgan fingerprint density at radius 2 is 2.12 bits per heavy atom. The molecular weight excluding hydrogens is 338 g/mol. The Balaban J connectivity index is 1.69. The van der Waals surface area contributed by atoms with E-state index in [1.165, 1.54) is 15.7 Å². The fraction of sp³-hybridized carbons (Fsp3) is 0.263. The second-order valence-electron chi connectivity index (χ2n) is 6.18. The molecule has 0 saturated carbocycles. The Labute approximate surface area is 150 Å². The van der Waals surface area contributed by atoms with E-state index in [1.54, 1.807) is 31.5 Å². The number of hydrogen-bond acceptors (Lipinski definition) is 4. The van der Waals surface area contributed by atoms with Crippen LogP contribution < -0.4 is 15.2 Å². The highest BCUT2D eigenvalue weighted by atomic mass is 35.5. The van der Waals surface area contributed by atoms with Gasteiger partial charge in [0.15, 0.2) is 0 Å². The third kappa shape index (κ3) is 3.07. The van der Waals surface area contributed by atoms with Crippen LogP contribution in [-0.4, -0.2) is 23.0 Å². The summed E-state index contributed by atoms with van der Waals surface area (Å²) in [6.07, 6.45) is 3.70. The Morgan fingerprint density at radius 1 is 1.24 bits per heavy atom. The summed E-state index contributed by atoms with van der Waals surface area (Å²) in [5, 5.41) is 0.517. The van der Waals surface area contributed by atoms with Crippen LogP contribution in [0.2, 0.25) is 5.02 Å². The molecule has 0 atom stereocenters. The topological polar surface area (TPSA) is 46.8 Å². The Morgan fingerprint density at radius 3 is 2.96 bits per heavy atom. The molecule has 0 spiro atoms. The van der Waals surface area contributed by atoms with Gasteiger partial charge >= 0.3 is 0 Å². The summed E-state index contributed by atoms with van der Waals surface area (Å²) in [4.78, 5) is 19.2. The van der Waals surface area contributed by atoms with Gasteiger partial charge in [-0.2, -0.15) is 0 Å². The monoisotopic (exact) mass is 355 g/mol. The van der Waals surface area contributed by atoms with E-state index in [-0.39, 0.29) is 5.56 Å². The van der Waals surface area contributed by atoms with Gasteiger partial charge in [-0.05, 0) is 48.7 Å². The first kappa shape index (κ1) is 16.0. The van der Waals surface area contributed by atoms with Gasteiger partial charge in [-0.15, -0.1) is 0 Å². The quantitative estimate of drug-likeness (QED) is 0.723. The summed E-state index contributed by atoms with van der Waals surface area (Å²) >= 11 is 5.96. The first-order valence-electron chi connectivity index (χ1n) is 8.24. The smallest absolute Gasteiger partial charge is 0.258 e. The molecule has 6 heteroatoms. The molecule has 2 aromatic heterocycles. The zero-order chi connectivity index (χ0) is 17.4. The van der Waals surface area contributed by atoms with E-state index in [2.05, 4.69) is 22.0 Å². The maximum atomic E-state index is 12.4. The molecule has 0 amide bonds. The molecule has 3 aromatic rings. The Hall–Kier alpha value is -2.53. The van der Waals surface area contributed by atoms with Crippen LogP contribution in [0.15, 0.2) is 47.4 Å². The van der Waals surface area contributed by atoms with Crippen LogP contribution in [0.1, 0.15) is 17.7 Å². The summed E-state index contributed by atoms with van der Waals surface area (Å²) in [6, 6.07) is 11.2. The van der Waals surface area contributed by atoms with Gasteiger partial charge in [0.2, 0.25) is 0 Å². The number of fused-ring (bicyclic) bond motifs is 2. The number of rotatable bonds is 3. The lowest BCUT2D eigenvalue weighted by Crippen LogP contribution is -2.30. The van der Waals surface area contributed by atoms with Crippen molar-refractivity contribution in [3.63, 3.8) is 0 Å². The van der Waals surface area contributed by atoms with Crippen molar-refractivity contribution in [3.8, 4) is 5.75 Å². The number of hydrogen-bond donors (Lipinski definition) is 0. The highest BCUT2D eigenvalue weighted by Gasteiger charge is 2.18. The van der Waals surface area contributed by atoms with Crippen molar-refractivity contribution in [2.45, 2.75) is 19.4 Å². The van der Waals surface area contributed by atoms with Crippen LogP contribution in [-0.2, 0) is 13.0 Å². The average molecular weight is 356 g/mol. The molecule has 1 aromatic carbocycles. The fourth-order valence-electron chi connectivity index (χ4n) is 3.35. The molecule has 0 saturated heterocycles. The first-order valence-corrected chi connectivity index (χ1v) is 8.61. The van der Waals surface area contributed by atoms with E-state index in [9.17, 15) is 4.79 Å². The third-order valence-electron chi connectivity index (χ3n) is 4.53. The molecule has 1 aliphatic heterocycles. The SMILES string of the molecule is COc1ccc2c(c1)CCCN2Cc1cc(=O)n2cc(Cl)ccc2n1. The van der Waals surface area contributed by atoms with Gasteiger partial charge < -0.3 is 9.64 Å². The summed E-state index contributed by atoms with van der Waals surface area (Å²) < 4.78 is 6.79. The molecular formula is C19H18ClN3O2. The number of benzene rings is 1. The van der Waals surface area contributed by atoms with Gasteiger partial charge in [-0.3, -0.25) is 9.20 Å². The highest BCUT2D eigenvalue weighted by molar-refractivity contribution is 6.30. The van der Waals surface area contributed by atoms with Crippen molar-refractivity contribution in [1.82, 2.24) is 9.38 Å². The van der Waals surface area contributed by atoms with Crippen molar-refractivity contribution in [2.24, 2.45) is 0 Å². The van der Waals surface area contributed by atoms with E-state index < -0.39 is 0 Å². The first-order chi connectivity index (χ1) is 12.1. The molecule has 1 aliphatic rings. The van der Waals surface area contributed by atoms with Crippen molar-refractivity contribution >= 4 is 22.9 Å². The van der Waals surface area contributed by atoms with Gasteiger partial charge in [0.25, 0.3) is 5.56 Å². The molecule has 0 radical (unpaired) electrons. The number of aryl methyl sites for hydroxylation is 1. The van der Waals surface area contributed by atoms with Crippen molar-refractivity contribution < 1.29 is 4.74 Å². The zero-order valence-corrected chi connectivity index (χ0v) is 14.7. The molecule has 0 fully saturated rings. The minimum atomic E-state index is -0.116. The summed E-state index contributed by atoms with van der Waals surface area (Å²) in [7, 11) is 1.68. The Kier molecular flexibility index (Phi) is 4.09. The Bertz CT molecular complexity index is 1000. The van der Waals surface area contributed by atoms with E-state index in [0.717, 1.165) is 30.8 Å². The molecule has 0 bridgehead atoms. The number of halogens is 1. The maximum absolute atomic E-state index is 12.4. The van der Waals surface area contributed by atoms with Crippen LogP contribution in [0.5, 0.6) is 5.75 Å². The summed E-state index contributed by atoms with van der Waals surface area (Å²) in [5.74, 6) is 0.875. The van der Waals surface area contributed by atoms with Gasteiger partial charge in [0.1, 0.15) is 11.4 Å². The van der Waals surface area contributed by atoms with Gasteiger partial charge in [0, 0.05) is 24.5 Å². The number of methoxy groups -OCH3 is 1. The van der Waals surface area contributed by atoms with Gasteiger partial charge in [-0.25, -0.2) is 4.98 Å². The molecule has 0 N–H and O–H groups in total. The van der Waals surface area contributed by atoms with Gasteiger partial charge in [-0.1, -0.05) is 11.6 Å². The molecule has 0 unspecified atom stereocenters. The molecule has 3 heterocycles. The van der Waals surface area contributed by atoms with Crippen LogP contribution in [0.3, 0.4) is 0 Å². The fourth-order valence-corrected chi connectivity index (χ4v) is 3.51. The average Bonchev–Trinajstić information content (AvgIpc) is 2.62. The number of pyridine rings is 1. The lowest BCUT2D eigenvalue weighted by Gasteiger charge is -2.31. The van der Waals surface area contributed by atoms with E-state index in [4.69, 9.17) is 16.3 Å². The number of aromatic nitrogens is 2. The highest BCUT2D eigenvalue weighted by Crippen LogP contribution is 2.31. The number of ether oxygens (including phenoxy) is 1. The molecule has 5 nitrogen and oxygen atoms in total. The number of nitrogens with zero attached hydrogens (tertiary/aromatic N) is 3. The minimum absolute atomic E-state index is 0.116. The maximum Gasteiger partial charge on any atom is 0.258 e. The van der Waals surface area contributed by atoms with Crippen LogP contribution in [0.25, 0.3) is 5.65 Å². The standard InChI is InChI=1S/C19H18ClN3O2/c1-25-16-5-6-17-13(9-16)3-2-8-22(17)12-15-10-19(24)23-11-14(20)4-7-18(23)21-15/h4-7,9-11H,2-3,8,12H2,1H3. The lowest BCUT2D eigenvalue weighted by atomic mass is 10.0.